The van der Waals surface area contributed by atoms with E-state index in [1.165, 1.54) is 0 Å². The monoisotopic (exact) mass is 304 g/mol. The minimum absolute atomic E-state index is 0.222. The summed E-state index contributed by atoms with van der Waals surface area (Å²) in [6, 6.07) is 5.94. The van der Waals surface area contributed by atoms with Gasteiger partial charge in [0.25, 0.3) is 0 Å². The molecule has 0 aliphatic heterocycles. The number of benzene rings is 1. The van der Waals surface area contributed by atoms with Crippen molar-refractivity contribution < 1.29 is 10.2 Å². The van der Waals surface area contributed by atoms with Gasteiger partial charge in [-0.3, -0.25) is 0 Å². The van der Waals surface area contributed by atoms with E-state index in [0.717, 1.165) is 20.7 Å². The molecule has 0 saturated heterocycles. The van der Waals surface area contributed by atoms with Crippen LogP contribution in [0.25, 0.3) is 0 Å². The van der Waals surface area contributed by atoms with E-state index in [1.54, 1.807) is 18.7 Å². The van der Waals surface area contributed by atoms with Crippen molar-refractivity contribution >= 4 is 27.7 Å². The maximum atomic E-state index is 9.48. The molecule has 0 aliphatic carbocycles. The normalized spacial score (nSPS) is 14.8. The molecule has 0 heterocycles. The summed E-state index contributed by atoms with van der Waals surface area (Å²) >= 11 is 5.17. The first-order chi connectivity index (χ1) is 7.54. The Morgan fingerprint density at radius 3 is 2.56 bits per heavy atom. The lowest BCUT2D eigenvalue weighted by molar-refractivity contribution is 0.198. The number of hydrogen-bond acceptors (Lipinski definition) is 3. The molecule has 0 amide bonds. The number of hydrogen-bond donors (Lipinski definition) is 2. The first-order valence-electron chi connectivity index (χ1n) is 5.25. The zero-order valence-electron chi connectivity index (χ0n) is 9.48. The van der Waals surface area contributed by atoms with Gasteiger partial charge in [0.2, 0.25) is 0 Å². The molecule has 0 aliphatic rings. The smallest absolute Gasteiger partial charge is 0.0772 e. The third-order valence-electron chi connectivity index (χ3n) is 2.27. The topological polar surface area (TPSA) is 40.5 Å². The third-order valence-corrected chi connectivity index (χ3v) is 4.28. The number of thioether (sulfide) groups is 1. The summed E-state index contributed by atoms with van der Waals surface area (Å²) in [5.74, 6) is 1.21. The highest BCUT2D eigenvalue weighted by Gasteiger charge is 2.07. The molecule has 1 aromatic rings. The second-order valence-electron chi connectivity index (χ2n) is 3.96. The molecule has 2 N–H and O–H groups in total. The first-order valence-corrected chi connectivity index (χ1v) is 7.03. The highest BCUT2D eigenvalue weighted by Crippen LogP contribution is 2.29. The molecule has 2 atom stereocenters. The van der Waals surface area contributed by atoms with Crippen molar-refractivity contribution in [2.45, 2.75) is 24.8 Å². The SMILES string of the molecule is CC(CO)CSc1ccc([C@H](C)O)c(Br)c1. The molecule has 0 saturated carbocycles. The van der Waals surface area contributed by atoms with Crippen molar-refractivity contribution in [1.29, 1.82) is 0 Å². The van der Waals surface area contributed by atoms with E-state index in [4.69, 9.17) is 5.11 Å². The van der Waals surface area contributed by atoms with Crippen molar-refractivity contribution in [1.82, 2.24) is 0 Å². The Morgan fingerprint density at radius 2 is 2.06 bits per heavy atom. The Morgan fingerprint density at radius 1 is 1.38 bits per heavy atom. The minimum atomic E-state index is -0.454. The van der Waals surface area contributed by atoms with E-state index in [1.807, 2.05) is 25.1 Å². The van der Waals surface area contributed by atoms with Gasteiger partial charge < -0.3 is 10.2 Å². The lowest BCUT2D eigenvalue weighted by Gasteiger charge is -2.11. The zero-order chi connectivity index (χ0) is 12.1. The summed E-state index contributed by atoms with van der Waals surface area (Å²) in [6.45, 7) is 3.99. The van der Waals surface area contributed by atoms with Gasteiger partial charge in [-0.1, -0.05) is 28.9 Å². The predicted molar refractivity (Wildman–Crippen MR) is 71.7 cm³/mol. The highest BCUT2D eigenvalue weighted by atomic mass is 79.9. The standard InChI is InChI=1S/C12H17BrO2S/c1-8(6-14)7-16-10-3-4-11(9(2)15)12(13)5-10/h3-5,8-9,14-15H,6-7H2,1-2H3/t8?,9-/m0/s1. The molecule has 1 rings (SSSR count). The van der Waals surface area contributed by atoms with Crippen molar-refractivity contribution in [3.05, 3.63) is 28.2 Å². The fourth-order valence-corrected chi connectivity index (χ4v) is 3.04. The summed E-state index contributed by atoms with van der Waals surface area (Å²) in [6.07, 6.45) is -0.454. The van der Waals surface area contributed by atoms with Crippen LogP contribution in [0, 0.1) is 5.92 Å². The van der Waals surface area contributed by atoms with Crippen LogP contribution in [0.4, 0.5) is 0 Å². The molecular weight excluding hydrogens is 288 g/mol. The van der Waals surface area contributed by atoms with Gasteiger partial charge in [-0.15, -0.1) is 11.8 Å². The lowest BCUT2D eigenvalue weighted by Crippen LogP contribution is -2.03. The van der Waals surface area contributed by atoms with Gasteiger partial charge in [0.05, 0.1) is 6.10 Å². The molecule has 4 heteroatoms. The zero-order valence-corrected chi connectivity index (χ0v) is 11.9. The van der Waals surface area contributed by atoms with Crippen LogP contribution in [-0.4, -0.2) is 22.6 Å². The Kier molecular flexibility index (Phi) is 5.83. The van der Waals surface area contributed by atoms with Gasteiger partial charge >= 0.3 is 0 Å². The van der Waals surface area contributed by atoms with Gasteiger partial charge in [0.15, 0.2) is 0 Å². The van der Waals surface area contributed by atoms with Crippen LogP contribution in [0.1, 0.15) is 25.5 Å². The van der Waals surface area contributed by atoms with Gasteiger partial charge in [-0.2, -0.15) is 0 Å². The highest BCUT2D eigenvalue weighted by molar-refractivity contribution is 9.10. The van der Waals surface area contributed by atoms with Crippen molar-refractivity contribution in [2.75, 3.05) is 12.4 Å². The van der Waals surface area contributed by atoms with E-state index in [9.17, 15) is 5.11 Å². The molecule has 0 aromatic heterocycles. The Bertz CT molecular complexity index is 342. The van der Waals surface area contributed by atoms with Crippen LogP contribution < -0.4 is 0 Å². The van der Waals surface area contributed by atoms with Gasteiger partial charge in [-0.25, -0.2) is 0 Å². The average Bonchev–Trinajstić information content (AvgIpc) is 2.25. The molecule has 1 unspecified atom stereocenters. The molecular formula is C12H17BrO2S. The Labute approximate surface area is 109 Å². The summed E-state index contributed by atoms with van der Waals surface area (Å²) in [7, 11) is 0. The largest absolute Gasteiger partial charge is 0.396 e. The van der Waals surface area contributed by atoms with Gasteiger partial charge in [0.1, 0.15) is 0 Å². The molecule has 2 nitrogen and oxygen atoms in total. The third kappa shape index (κ3) is 4.09. The summed E-state index contributed by atoms with van der Waals surface area (Å²) in [5.41, 5.74) is 0.902. The molecule has 0 bridgehead atoms. The van der Waals surface area contributed by atoms with E-state index in [-0.39, 0.29) is 6.61 Å². The summed E-state index contributed by atoms with van der Waals surface area (Å²) in [5, 5.41) is 18.4. The van der Waals surface area contributed by atoms with E-state index < -0.39 is 6.10 Å². The number of aliphatic hydroxyl groups is 2. The van der Waals surface area contributed by atoms with Crippen molar-refractivity contribution in [2.24, 2.45) is 5.92 Å². The van der Waals surface area contributed by atoms with E-state index >= 15 is 0 Å². The van der Waals surface area contributed by atoms with Gasteiger partial charge in [0, 0.05) is 21.7 Å². The van der Waals surface area contributed by atoms with Crippen LogP contribution in [0.5, 0.6) is 0 Å². The molecule has 1 aromatic carbocycles. The maximum absolute atomic E-state index is 9.48. The maximum Gasteiger partial charge on any atom is 0.0772 e. The molecule has 0 spiro atoms. The fourth-order valence-electron chi connectivity index (χ4n) is 1.23. The van der Waals surface area contributed by atoms with Crippen LogP contribution in [0.15, 0.2) is 27.6 Å². The molecule has 90 valence electrons. The van der Waals surface area contributed by atoms with Crippen LogP contribution >= 0.6 is 27.7 Å². The Hall–Kier alpha value is -0.0300. The molecule has 0 radical (unpaired) electrons. The average molecular weight is 305 g/mol. The minimum Gasteiger partial charge on any atom is -0.396 e. The lowest BCUT2D eigenvalue weighted by atomic mass is 10.1. The van der Waals surface area contributed by atoms with Crippen LogP contribution in [0.3, 0.4) is 0 Å². The van der Waals surface area contributed by atoms with Crippen molar-refractivity contribution in [3.8, 4) is 0 Å². The fraction of sp³-hybridized carbons (Fsp3) is 0.500. The number of halogens is 1. The van der Waals surface area contributed by atoms with E-state index in [2.05, 4.69) is 15.9 Å². The second-order valence-corrected chi connectivity index (χ2v) is 5.91. The Balaban J connectivity index is 2.66. The molecule has 0 fully saturated rings. The van der Waals surface area contributed by atoms with Crippen LogP contribution in [-0.2, 0) is 0 Å². The number of aliphatic hydroxyl groups excluding tert-OH is 2. The summed E-state index contributed by atoms with van der Waals surface area (Å²) in [4.78, 5) is 1.15. The van der Waals surface area contributed by atoms with Crippen LogP contribution in [0.2, 0.25) is 0 Å². The first kappa shape index (κ1) is 14.0. The van der Waals surface area contributed by atoms with Crippen molar-refractivity contribution in [3.63, 3.8) is 0 Å². The predicted octanol–water partition coefficient (Wildman–Crippen LogP) is 3.22. The summed E-state index contributed by atoms with van der Waals surface area (Å²) < 4.78 is 0.934. The van der Waals surface area contributed by atoms with E-state index in [0.29, 0.717) is 5.92 Å². The quantitative estimate of drug-likeness (QED) is 0.821. The second kappa shape index (κ2) is 6.64. The van der Waals surface area contributed by atoms with Gasteiger partial charge in [-0.05, 0) is 30.5 Å². The molecule has 16 heavy (non-hydrogen) atoms. The number of rotatable bonds is 5.